The second-order valence-corrected chi connectivity index (χ2v) is 5.37. The van der Waals surface area contributed by atoms with Crippen molar-refractivity contribution in [3.8, 4) is 0 Å². The molecule has 0 saturated carbocycles. The molecule has 106 valence electrons. The molecule has 0 fully saturated rings. The molecule has 0 aliphatic rings. The lowest BCUT2D eigenvalue weighted by Crippen LogP contribution is -2.19. The lowest BCUT2D eigenvalue weighted by atomic mass is 9.97. The Morgan fingerprint density at radius 1 is 1.00 bits per heavy atom. The number of benzene rings is 2. The number of nitrogens with one attached hydrogen (secondary N) is 1. The number of aryl methyl sites for hydroxylation is 1. The normalized spacial score (nSPS) is 12.5. The molecule has 2 aromatic rings. The summed E-state index contributed by atoms with van der Waals surface area (Å²) in [5, 5.41) is 2.88. The van der Waals surface area contributed by atoms with E-state index in [1.165, 1.54) is 6.07 Å². The third-order valence-corrected chi connectivity index (χ3v) is 3.78. The molecule has 1 atom stereocenters. The van der Waals surface area contributed by atoms with E-state index in [0.717, 1.165) is 12.1 Å². The smallest absolute Gasteiger partial charge is 0.137 e. The molecule has 0 aromatic heterocycles. The quantitative estimate of drug-likeness (QED) is 0.810. The lowest BCUT2D eigenvalue weighted by Gasteiger charge is -2.19. The van der Waals surface area contributed by atoms with Crippen LogP contribution in [-0.4, -0.2) is 7.05 Å². The lowest BCUT2D eigenvalue weighted by molar-refractivity contribution is 0.552. The van der Waals surface area contributed by atoms with Crippen molar-refractivity contribution in [2.24, 2.45) is 0 Å². The molecule has 1 N–H and O–H groups in total. The van der Waals surface area contributed by atoms with E-state index < -0.39 is 17.7 Å². The van der Waals surface area contributed by atoms with Crippen molar-refractivity contribution in [2.45, 2.75) is 13.0 Å². The van der Waals surface area contributed by atoms with Gasteiger partial charge in [-0.25, -0.2) is 13.2 Å². The van der Waals surface area contributed by atoms with E-state index >= 15 is 0 Å². The minimum absolute atomic E-state index is 0.0590. The highest BCUT2D eigenvalue weighted by Gasteiger charge is 2.19. The van der Waals surface area contributed by atoms with Crippen LogP contribution in [0.4, 0.5) is 13.2 Å². The van der Waals surface area contributed by atoms with Crippen molar-refractivity contribution in [2.75, 3.05) is 7.05 Å². The third-order valence-electron chi connectivity index (χ3n) is 3.17. The molecule has 2 aromatic carbocycles. The fraction of sp³-hybridized carbons (Fsp3) is 0.200. The van der Waals surface area contributed by atoms with Gasteiger partial charge in [-0.05, 0) is 59.2 Å². The molecule has 0 aliphatic heterocycles. The molecule has 2 rings (SSSR count). The predicted molar refractivity (Wildman–Crippen MR) is 76.1 cm³/mol. The van der Waals surface area contributed by atoms with E-state index in [2.05, 4.69) is 21.2 Å². The summed E-state index contributed by atoms with van der Waals surface area (Å²) in [4.78, 5) is 0. The van der Waals surface area contributed by atoms with Gasteiger partial charge in [0.15, 0.2) is 0 Å². The molecule has 1 nitrogen and oxygen atoms in total. The average molecular weight is 344 g/mol. The van der Waals surface area contributed by atoms with Crippen LogP contribution in [0.2, 0.25) is 0 Å². The van der Waals surface area contributed by atoms with E-state index in [9.17, 15) is 13.2 Å². The Balaban J connectivity index is 2.52. The van der Waals surface area contributed by atoms with Crippen LogP contribution in [0.15, 0.2) is 34.8 Å². The average Bonchev–Trinajstić information content (AvgIpc) is 2.40. The van der Waals surface area contributed by atoms with Crippen LogP contribution in [0, 0.1) is 24.4 Å². The minimum atomic E-state index is -0.618. The Morgan fingerprint density at radius 2 is 1.70 bits per heavy atom. The molecular weight excluding hydrogens is 331 g/mol. The first-order chi connectivity index (χ1) is 9.43. The maximum atomic E-state index is 14.0. The molecule has 0 spiro atoms. The first-order valence-corrected chi connectivity index (χ1v) is 6.81. The Morgan fingerprint density at radius 3 is 2.30 bits per heavy atom. The Bertz CT molecular complexity index is 643. The van der Waals surface area contributed by atoms with E-state index in [0.29, 0.717) is 11.1 Å². The third kappa shape index (κ3) is 2.88. The first kappa shape index (κ1) is 15.1. The summed E-state index contributed by atoms with van der Waals surface area (Å²) in [6.45, 7) is 1.65. The molecule has 20 heavy (non-hydrogen) atoms. The standard InChI is InChI=1S/C15H13BrF3N/c1-8-3-4-9(5-12(8)17)15(20-2)10-6-14(19)11(16)7-13(10)18/h3-7,15,20H,1-2H3. The zero-order valence-electron chi connectivity index (χ0n) is 11.0. The van der Waals surface area contributed by atoms with Crippen LogP contribution in [0.5, 0.6) is 0 Å². The van der Waals surface area contributed by atoms with Gasteiger partial charge < -0.3 is 5.32 Å². The second kappa shape index (κ2) is 5.97. The maximum absolute atomic E-state index is 14.0. The van der Waals surface area contributed by atoms with Crippen LogP contribution in [-0.2, 0) is 0 Å². The molecule has 0 radical (unpaired) electrons. The van der Waals surface area contributed by atoms with Crippen molar-refractivity contribution >= 4 is 15.9 Å². The molecule has 1 unspecified atom stereocenters. The molecule has 0 heterocycles. The van der Waals surface area contributed by atoms with Crippen LogP contribution in [0.1, 0.15) is 22.7 Å². The van der Waals surface area contributed by atoms with Gasteiger partial charge in [0.05, 0.1) is 10.5 Å². The van der Waals surface area contributed by atoms with Crippen molar-refractivity contribution in [3.63, 3.8) is 0 Å². The summed E-state index contributed by atoms with van der Waals surface area (Å²) >= 11 is 2.93. The summed E-state index contributed by atoms with van der Waals surface area (Å²) in [7, 11) is 1.61. The summed E-state index contributed by atoms with van der Waals surface area (Å²) in [6.07, 6.45) is 0. The number of hydrogen-bond donors (Lipinski definition) is 1. The minimum Gasteiger partial charge on any atom is -0.309 e. The number of hydrogen-bond acceptors (Lipinski definition) is 1. The molecular formula is C15H13BrF3N. The predicted octanol–water partition coefficient (Wildman–Crippen LogP) is 4.48. The molecule has 0 aliphatic carbocycles. The second-order valence-electron chi connectivity index (χ2n) is 4.52. The Hall–Kier alpha value is -1.33. The van der Waals surface area contributed by atoms with Gasteiger partial charge in [0.1, 0.15) is 17.5 Å². The van der Waals surface area contributed by atoms with E-state index in [1.807, 2.05) is 0 Å². The largest absolute Gasteiger partial charge is 0.309 e. The van der Waals surface area contributed by atoms with Gasteiger partial charge in [0, 0.05) is 5.56 Å². The van der Waals surface area contributed by atoms with Crippen molar-refractivity contribution in [1.82, 2.24) is 5.32 Å². The van der Waals surface area contributed by atoms with Crippen molar-refractivity contribution in [3.05, 3.63) is 68.9 Å². The van der Waals surface area contributed by atoms with E-state index in [-0.39, 0.29) is 15.9 Å². The van der Waals surface area contributed by atoms with E-state index in [4.69, 9.17) is 0 Å². The van der Waals surface area contributed by atoms with Crippen LogP contribution >= 0.6 is 15.9 Å². The molecule has 0 amide bonds. The Kier molecular flexibility index (Phi) is 4.50. The zero-order chi connectivity index (χ0) is 14.9. The van der Waals surface area contributed by atoms with E-state index in [1.54, 1.807) is 26.1 Å². The van der Waals surface area contributed by atoms with Gasteiger partial charge in [-0.3, -0.25) is 0 Å². The van der Waals surface area contributed by atoms with Crippen LogP contribution in [0.25, 0.3) is 0 Å². The molecule has 0 saturated heterocycles. The number of halogens is 4. The fourth-order valence-corrected chi connectivity index (χ4v) is 2.37. The summed E-state index contributed by atoms with van der Waals surface area (Å²) < 4.78 is 41.3. The van der Waals surface area contributed by atoms with Crippen molar-refractivity contribution < 1.29 is 13.2 Å². The van der Waals surface area contributed by atoms with Crippen LogP contribution < -0.4 is 5.32 Å². The highest BCUT2D eigenvalue weighted by Crippen LogP contribution is 2.29. The van der Waals surface area contributed by atoms with Crippen molar-refractivity contribution in [1.29, 1.82) is 0 Å². The SMILES string of the molecule is CNC(c1ccc(C)c(F)c1)c1cc(F)c(Br)cc1F. The fourth-order valence-electron chi connectivity index (χ4n) is 2.05. The summed E-state index contributed by atoms with van der Waals surface area (Å²) in [5.41, 5.74) is 1.18. The zero-order valence-corrected chi connectivity index (χ0v) is 12.6. The topological polar surface area (TPSA) is 12.0 Å². The van der Waals surface area contributed by atoms with Gasteiger partial charge in [-0.15, -0.1) is 0 Å². The highest BCUT2D eigenvalue weighted by atomic mass is 79.9. The summed E-state index contributed by atoms with van der Waals surface area (Å²) in [5.74, 6) is -1.49. The molecule has 5 heteroatoms. The van der Waals surface area contributed by atoms with Gasteiger partial charge in [0.25, 0.3) is 0 Å². The van der Waals surface area contributed by atoms with Gasteiger partial charge >= 0.3 is 0 Å². The monoisotopic (exact) mass is 343 g/mol. The first-order valence-electron chi connectivity index (χ1n) is 6.01. The summed E-state index contributed by atoms with van der Waals surface area (Å²) in [6, 6.07) is 6.20. The van der Waals surface area contributed by atoms with Gasteiger partial charge in [-0.2, -0.15) is 0 Å². The Labute approximate surface area is 123 Å². The van der Waals surface area contributed by atoms with Gasteiger partial charge in [0.2, 0.25) is 0 Å². The van der Waals surface area contributed by atoms with Gasteiger partial charge in [-0.1, -0.05) is 12.1 Å². The van der Waals surface area contributed by atoms with Crippen LogP contribution in [0.3, 0.4) is 0 Å². The maximum Gasteiger partial charge on any atom is 0.137 e. The highest BCUT2D eigenvalue weighted by molar-refractivity contribution is 9.10. The molecule has 0 bridgehead atoms. The number of rotatable bonds is 3.